The number of aromatic nitrogens is 1. The van der Waals surface area contributed by atoms with Gasteiger partial charge in [-0.2, -0.15) is 4.31 Å². The lowest BCUT2D eigenvalue weighted by Crippen LogP contribution is -2.39. The summed E-state index contributed by atoms with van der Waals surface area (Å²) in [5.74, 6) is -2.20. The van der Waals surface area contributed by atoms with Crippen molar-refractivity contribution >= 4 is 31.6 Å². The minimum atomic E-state index is -4.23. The zero-order valence-electron chi connectivity index (χ0n) is 13.7. The van der Waals surface area contributed by atoms with Crippen molar-refractivity contribution in [2.75, 3.05) is 13.1 Å². The SMILES string of the molecule is O=S(=O)(c1c(F)cccc1F)N1CCC[C@@H](c2nc3ccccc3s2)C1. The van der Waals surface area contributed by atoms with Crippen LogP contribution >= 0.6 is 11.3 Å². The van der Waals surface area contributed by atoms with Gasteiger partial charge in [-0.25, -0.2) is 22.2 Å². The van der Waals surface area contributed by atoms with E-state index in [-0.39, 0.29) is 19.0 Å². The molecule has 0 unspecified atom stereocenters. The van der Waals surface area contributed by atoms with Gasteiger partial charge in [-0.1, -0.05) is 18.2 Å². The van der Waals surface area contributed by atoms with E-state index in [1.807, 2.05) is 24.3 Å². The third kappa shape index (κ3) is 3.02. The highest BCUT2D eigenvalue weighted by atomic mass is 32.2. The van der Waals surface area contributed by atoms with Crippen molar-refractivity contribution in [1.82, 2.24) is 9.29 Å². The van der Waals surface area contributed by atoms with Crippen LogP contribution in [0, 0.1) is 11.6 Å². The van der Waals surface area contributed by atoms with Crippen LogP contribution in [-0.2, 0) is 10.0 Å². The highest BCUT2D eigenvalue weighted by molar-refractivity contribution is 7.89. The summed E-state index contributed by atoms with van der Waals surface area (Å²) in [6.07, 6.45) is 1.42. The molecule has 1 saturated heterocycles. The predicted octanol–water partition coefficient (Wildman–Crippen LogP) is 4.14. The molecule has 0 spiro atoms. The lowest BCUT2D eigenvalue weighted by molar-refractivity contribution is 0.312. The van der Waals surface area contributed by atoms with Gasteiger partial charge in [-0.15, -0.1) is 11.3 Å². The molecule has 0 aliphatic carbocycles. The molecule has 4 rings (SSSR count). The van der Waals surface area contributed by atoms with Crippen LogP contribution in [0.5, 0.6) is 0 Å². The third-order valence-corrected chi connectivity index (χ3v) is 7.68. The van der Waals surface area contributed by atoms with E-state index >= 15 is 0 Å². The molecule has 2 heterocycles. The van der Waals surface area contributed by atoms with Crippen molar-refractivity contribution in [2.24, 2.45) is 0 Å². The van der Waals surface area contributed by atoms with Crippen molar-refractivity contribution in [3.05, 3.63) is 59.1 Å². The number of hydrogen-bond acceptors (Lipinski definition) is 4. The Morgan fingerprint density at radius 1 is 1.08 bits per heavy atom. The van der Waals surface area contributed by atoms with Gasteiger partial charge in [0.2, 0.25) is 10.0 Å². The number of piperidine rings is 1. The maximum Gasteiger partial charge on any atom is 0.248 e. The Morgan fingerprint density at radius 3 is 2.54 bits per heavy atom. The third-order valence-electron chi connectivity index (χ3n) is 4.56. The topological polar surface area (TPSA) is 50.3 Å². The van der Waals surface area contributed by atoms with Gasteiger partial charge in [0.05, 0.1) is 15.2 Å². The summed E-state index contributed by atoms with van der Waals surface area (Å²) in [5, 5.41) is 0.861. The highest BCUT2D eigenvalue weighted by Gasteiger charge is 2.35. The van der Waals surface area contributed by atoms with E-state index in [9.17, 15) is 17.2 Å². The Bertz CT molecular complexity index is 1010. The van der Waals surface area contributed by atoms with E-state index in [1.165, 1.54) is 15.6 Å². The number of halogens is 2. The fraction of sp³-hybridized carbons (Fsp3) is 0.278. The molecule has 0 radical (unpaired) electrons. The lowest BCUT2D eigenvalue weighted by atomic mass is 10.0. The van der Waals surface area contributed by atoms with E-state index < -0.39 is 26.6 Å². The van der Waals surface area contributed by atoms with Gasteiger partial charge in [-0.05, 0) is 37.1 Å². The molecule has 1 aromatic heterocycles. The number of rotatable bonds is 3. The second kappa shape index (κ2) is 6.68. The first-order valence-corrected chi connectivity index (χ1v) is 10.5. The van der Waals surface area contributed by atoms with Crippen molar-refractivity contribution in [1.29, 1.82) is 0 Å². The quantitative estimate of drug-likeness (QED) is 0.671. The number of sulfonamides is 1. The molecule has 0 N–H and O–H groups in total. The number of benzene rings is 2. The summed E-state index contributed by atoms with van der Waals surface area (Å²) in [6.45, 7) is 0.424. The maximum atomic E-state index is 14.0. The predicted molar refractivity (Wildman–Crippen MR) is 96.7 cm³/mol. The van der Waals surface area contributed by atoms with Crippen molar-refractivity contribution < 1.29 is 17.2 Å². The van der Waals surface area contributed by atoms with Gasteiger partial charge in [0.25, 0.3) is 0 Å². The first-order chi connectivity index (χ1) is 12.5. The number of hydrogen-bond donors (Lipinski definition) is 0. The van der Waals surface area contributed by atoms with Crippen LogP contribution in [0.2, 0.25) is 0 Å². The second-order valence-electron chi connectivity index (χ2n) is 6.27. The van der Waals surface area contributed by atoms with Gasteiger partial charge in [0, 0.05) is 19.0 Å². The number of nitrogens with zero attached hydrogens (tertiary/aromatic N) is 2. The second-order valence-corrected chi connectivity index (χ2v) is 9.21. The minimum absolute atomic E-state index is 0.0780. The lowest BCUT2D eigenvalue weighted by Gasteiger charge is -2.31. The standard InChI is InChI=1S/C18H16F2N2O2S2/c19-13-6-3-7-14(20)17(13)26(23,24)22-10-4-5-12(11-22)18-21-15-8-1-2-9-16(15)25-18/h1-3,6-9,12H,4-5,10-11H2/t12-/m1/s1. The van der Waals surface area contributed by atoms with Gasteiger partial charge >= 0.3 is 0 Å². The van der Waals surface area contributed by atoms with Crippen LogP contribution in [0.3, 0.4) is 0 Å². The molecule has 1 atom stereocenters. The normalized spacial score (nSPS) is 19.1. The zero-order chi connectivity index (χ0) is 18.3. The molecule has 0 saturated carbocycles. The molecule has 1 aliphatic heterocycles. The van der Waals surface area contributed by atoms with Crippen LogP contribution in [0.25, 0.3) is 10.2 Å². The molecular formula is C18H16F2N2O2S2. The first kappa shape index (κ1) is 17.5. The van der Waals surface area contributed by atoms with Crippen LogP contribution in [0.4, 0.5) is 8.78 Å². The van der Waals surface area contributed by atoms with Gasteiger partial charge in [0.15, 0.2) is 4.90 Å². The average molecular weight is 394 g/mol. The summed E-state index contributed by atoms with van der Waals surface area (Å²) in [6, 6.07) is 10.8. The van der Waals surface area contributed by atoms with Crippen LogP contribution in [0.1, 0.15) is 23.8 Å². The van der Waals surface area contributed by atoms with E-state index in [0.29, 0.717) is 6.42 Å². The summed E-state index contributed by atoms with van der Waals surface area (Å²) in [7, 11) is -4.23. The van der Waals surface area contributed by atoms with Crippen molar-refractivity contribution in [3.8, 4) is 0 Å². The van der Waals surface area contributed by atoms with Crippen LogP contribution < -0.4 is 0 Å². The van der Waals surface area contributed by atoms with Gasteiger partial charge in [-0.3, -0.25) is 0 Å². The molecular weight excluding hydrogens is 378 g/mol. The summed E-state index contributed by atoms with van der Waals surface area (Å²) in [4.78, 5) is 3.74. The summed E-state index contributed by atoms with van der Waals surface area (Å²) >= 11 is 1.54. The Balaban J connectivity index is 1.66. The van der Waals surface area contributed by atoms with E-state index in [4.69, 9.17) is 0 Å². The first-order valence-electron chi connectivity index (χ1n) is 8.26. The van der Waals surface area contributed by atoms with Gasteiger partial charge in [0.1, 0.15) is 11.6 Å². The highest BCUT2D eigenvalue weighted by Crippen LogP contribution is 2.35. The Labute approximate surface area is 154 Å². The van der Waals surface area contributed by atoms with E-state index in [0.717, 1.165) is 39.8 Å². The molecule has 1 fully saturated rings. The number of fused-ring (bicyclic) bond motifs is 1. The molecule has 0 amide bonds. The van der Waals surface area contributed by atoms with Crippen molar-refractivity contribution in [3.63, 3.8) is 0 Å². The monoisotopic (exact) mass is 394 g/mol. The fourth-order valence-corrected chi connectivity index (χ4v) is 6.01. The maximum absolute atomic E-state index is 14.0. The molecule has 8 heteroatoms. The fourth-order valence-electron chi connectivity index (χ4n) is 3.29. The largest absolute Gasteiger partial charge is 0.248 e. The van der Waals surface area contributed by atoms with Crippen LogP contribution in [-0.4, -0.2) is 30.8 Å². The molecule has 3 aromatic rings. The summed E-state index contributed by atoms with van der Waals surface area (Å²) < 4.78 is 55.8. The Hall–Kier alpha value is -1.90. The minimum Gasteiger partial charge on any atom is -0.241 e. The smallest absolute Gasteiger partial charge is 0.241 e. The van der Waals surface area contributed by atoms with Crippen molar-refractivity contribution in [2.45, 2.75) is 23.7 Å². The number of para-hydroxylation sites is 1. The molecule has 136 valence electrons. The molecule has 2 aromatic carbocycles. The molecule has 1 aliphatic rings. The zero-order valence-corrected chi connectivity index (χ0v) is 15.4. The van der Waals surface area contributed by atoms with E-state index in [1.54, 1.807) is 0 Å². The van der Waals surface area contributed by atoms with Crippen LogP contribution in [0.15, 0.2) is 47.4 Å². The van der Waals surface area contributed by atoms with Gasteiger partial charge < -0.3 is 0 Å². The molecule has 26 heavy (non-hydrogen) atoms. The number of thiazole rings is 1. The molecule has 4 nitrogen and oxygen atoms in total. The Kier molecular flexibility index (Phi) is 4.50. The van der Waals surface area contributed by atoms with E-state index in [2.05, 4.69) is 4.98 Å². The summed E-state index contributed by atoms with van der Waals surface area (Å²) in [5.41, 5.74) is 0.882. The molecule has 0 bridgehead atoms. The Morgan fingerprint density at radius 2 is 1.81 bits per heavy atom. The average Bonchev–Trinajstić information content (AvgIpc) is 3.06.